The highest BCUT2D eigenvalue weighted by Crippen LogP contribution is 2.03. The maximum absolute atomic E-state index is 5.52. The largest absolute Gasteiger partial charge is 0.381 e. The van der Waals surface area contributed by atoms with Crippen LogP contribution in [0.25, 0.3) is 0 Å². The van der Waals surface area contributed by atoms with Gasteiger partial charge in [0.1, 0.15) is 0 Å². The molecule has 0 aromatic rings. The second-order valence-corrected chi connectivity index (χ2v) is 4.57. The molecule has 0 saturated carbocycles. The highest BCUT2D eigenvalue weighted by Gasteiger charge is 1.94. The van der Waals surface area contributed by atoms with Crippen molar-refractivity contribution in [3.63, 3.8) is 0 Å². The van der Waals surface area contributed by atoms with Crippen molar-refractivity contribution < 1.29 is 10.9 Å². The van der Waals surface area contributed by atoms with Crippen molar-refractivity contribution >= 4 is 0 Å². The van der Waals surface area contributed by atoms with E-state index in [1.165, 1.54) is 12.8 Å². The van der Waals surface area contributed by atoms with Crippen LogP contribution in [0.15, 0.2) is 0 Å². The SMILES string of the molecule is CNCCCOCCCOCCCC(C)C.[HH]. The lowest BCUT2D eigenvalue weighted by Crippen LogP contribution is -2.11. The molecule has 0 spiro atoms. The number of rotatable bonds is 12. The van der Waals surface area contributed by atoms with Gasteiger partial charge in [0, 0.05) is 27.9 Å². The van der Waals surface area contributed by atoms with E-state index in [4.69, 9.17) is 9.47 Å². The van der Waals surface area contributed by atoms with Crippen molar-refractivity contribution in [1.82, 2.24) is 5.32 Å². The molecule has 0 fully saturated rings. The Hall–Kier alpha value is -0.120. The Balaban J connectivity index is 0. The molecule has 0 radical (unpaired) electrons. The third-order valence-electron chi connectivity index (χ3n) is 2.36. The highest BCUT2D eigenvalue weighted by molar-refractivity contribution is 4.45. The first kappa shape index (κ1) is 15.9. The molecule has 0 aliphatic heterocycles. The number of ether oxygens (including phenoxy) is 2. The predicted octanol–water partition coefficient (Wildman–Crippen LogP) is 2.70. The predicted molar refractivity (Wildman–Crippen MR) is 71.0 cm³/mol. The fraction of sp³-hybridized carbons (Fsp3) is 1.00. The normalized spacial score (nSPS) is 11.2. The van der Waals surface area contributed by atoms with E-state index in [1.807, 2.05) is 7.05 Å². The highest BCUT2D eigenvalue weighted by atomic mass is 16.5. The molecule has 1 N–H and O–H groups in total. The van der Waals surface area contributed by atoms with Crippen molar-refractivity contribution in [2.75, 3.05) is 40.0 Å². The molecule has 3 nitrogen and oxygen atoms in total. The second kappa shape index (κ2) is 12.9. The van der Waals surface area contributed by atoms with Gasteiger partial charge in [0.25, 0.3) is 0 Å². The van der Waals surface area contributed by atoms with Crippen LogP contribution < -0.4 is 5.32 Å². The summed E-state index contributed by atoms with van der Waals surface area (Å²) in [5, 5.41) is 3.10. The van der Waals surface area contributed by atoms with E-state index in [2.05, 4.69) is 19.2 Å². The number of hydrogen-bond donors (Lipinski definition) is 1. The van der Waals surface area contributed by atoms with Gasteiger partial charge in [-0.3, -0.25) is 0 Å². The lowest BCUT2D eigenvalue weighted by atomic mass is 10.1. The molecule has 0 aromatic carbocycles. The topological polar surface area (TPSA) is 30.5 Å². The molecule has 0 rings (SSSR count). The summed E-state index contributed by atoms with van der Waals surface area (Å²) in [5.41, 5.74) is 0. The lowest BCUT2D eigenvalue weighted by Gasteiger charge is -2.06. The van der Waals surface area contributed by atoms with E-state index >= 15 is 0 Å². The van der Waals surface area contributed by atoms with Crippen molar-refractivity contribution in [2.45, 2.75) is 39.5 Å². The van der Waals surface area contributed by atoms with Crippen LogP contribution in [-0.4, -0.2) is 40.0 Å². The number of hydrogen-bond acceptors (Lipinski definition) is 3. The summed E-state index contributed by atoms with van der Waals surface area (Å²) < 4.78 is 11.0. The summed E-state index contributed by atoms with van der Waals surface area (Å²) in [6, 6.07) is 0. The molecule has 0 heterocycles. The van der Waals surface area contributed by atoms with E-state index in [-0.39, 0.29) is 1.43 Å². The summed E-state index contributed by atoms with van der Waals surface area (Å²) >= 11 is 0. The van der Waals surface area contributed by atoms with Gasteiger partial charge in [0.15, 0.2) is 0 Å². The van der Waals surface area contributed by atoms with Crippen LogP contribution in [0, 0.1) is 5.92 Å². The van der Waals surface area contributed by atoms with Crippen LogP contribution in [0.2, 0.25) is 0 Å². The molecule has 0 aliphatic rings. The van der Waals surface area contributed by atoms with E-state index < -0.39 is 0 Å². The summed E-state index contributed by atoms with van der Waals surface area (Å²) in [5.74, 6) is 0.791. The van der Waals surface area contributed by atoms with Gasteiger partial charge in [0.05, 0.1) is 0 Å². The first-order valence-corrected chi connectivity index (χ1v) is 6.57. The Bertz CT molecular complexity index is 135. The summed E-state index contributed by atoms with van der Waals surface area (Å²) in [6.07, 6.45) is 4.55. The third-order valence-corrected chi connectivity index (χ3v) is 2.36. The smallest absolute Gasteiger partial charge is 0.0487 e. The van der Waals surface area contributed by atoms with Crippen LogP contribution in [0.1, 0.15) is 41.0 Å². The quantitative estimate of drug-likeness (QED) is 0.526. The van der Waals surface area contributed by atoms with Gasteiger partial charge in [-0.15, -0.1) is 0 Å². The Morgan fingerprint density at radius 3 is 2.06 bits per heavy atom. The molecule has 0 atom stereocenters. The van der Waals surface area contributed by atoms with Gasteiger partial charge < -0.3 is 14.8 Å². The van der Waals surface area contributed by atoms with Crippen LogP contribution in [-0.2, 0) is 9.47 Å². The molecule has 0 amide bonds. The Morgan fingerprint density at radius 2 is 1.50 bits per heavy atom. The molecule has 0 aliphatic carbocycles. The van der Waals surface area contributed by atoms with Gasteiger partial charge >= 0.3 is 0 Å². The van der Waals surface area contributed by atoms with E-state index in [9.17, 15) is 0 Å². The minimum atomic E-state index is 0. The first-order chi connectivity index (χ1) is 7.77. The zero-order chi connectivity index (χ0) is 12.1. The zero-order valence-corrected chi connectivity index (χ0v) is 11.3. The standard InChI is InChI=1S/C13H29NO2.H2/c1-13(2)7-4-9-15-11-6-12-16-10-5-8-14-3;/h13-14H,4-12H2,1-3H3;1H. The third kappa shape index (κ3) is 13.9. The molecule has 0 aromatic heterocycles. The Labute approximate surface area is 102 Å². The van der Waals surface area contributed by atoms with E-state index in [0.717, 1.165) is 51.7 Å². The van der Waals surface area contributed by atoms with E-state index in [0.29, 0.717) is 0 Å². The van der Waals surface area contributed by atoms with Gasteiger partial charge in [-0.25, -0.2) is 0 Å². The van der Waals surface area contributed by atoms with Gasteiger partial charge in [-0.1, -0.05) is 13.8 Å². The maximum atomic E-state index is 5.52. The average molecular weight is 233 g/mol. The van der Waals surface area contributed by atoms with Crippen LogP contribution in [0.3, 0.4) is 0 Å². The molecule has 16 heavy (non-hydrogen) atoms. The fourth-order valence-corrected chi connectivity index (χ4v) is 1.41. The molecule has 0 bridgehead atoms. The minimum absolute atomic E-state index is 0. The molecular formula is C13H31NO2. The monoisotopic (exact) mass is 233 g/mol. The Kier molecular flexibility index (Phi) is 12.9. The molecule has 100 valence electrons. The average Bonchev–Trinajstić information content (AvgIpc) is 2.25. The van der Waals surface area contributed by atoms with Crippen LogP contribution in [0.5, 0.6) is 0 Å². The Morgan fingerprint density at radius 1 is 0.938 bits per heavy atom. The molecule has 3 heteroatoms. The summed E-state index contributed by atoms with van der Waals surface area (Å²) in [7, 11) is 1.96. The zero-order valence-electron chi connectivity index (χ0n) is 11.3. The molecule has 0 saturated heterocycles. The van der Waals surface area contributed by atoms with Gasteiger partial charge in [-0.2, -0.15) is 0 Å². The second-order valence-electron chi connectivity index (χ2n) is 4.57. The fourth-order valence-electron chi connectivity index (χ4n) is 1.41. The van der Waals surface area contributed by atoms with E-state index in [1.54, 1.807) is 0 Å². The maximum Gasteiger partial charge on any atom is 0.0487 e. The summed E-state index contributed by atoms with van der Waals surface area (Å²) in [4.78, 5) is 0. The van der Waals surface area contributed by atoms with Gasteiger partial charge in [-0.05, 0) is 45.2 Å². The lowest BCUT2D eigenvalue weighted by molar-refractivity contribution is 0.0796. The van der Waals surface area contributed by atoms with Crippen LogP contribution in [0.4, 0.5) is 0 Å². The first-order valence-electron chi connectivity index (χ1n) is 6.57. The van der Waals surface area contributed by atoms with Gasteiger partial charge in [0.2, 0.25) is 0 Å². The van der Waals surface area contributed by atoms with Crippen molar-refractivity contribution in [1.29, 1.82) is 0 Å². The van der Waals surface area contributed by atoms with Crippen molar-refractivity contribution in [3.05, 3.63) is 0 Å². The number of nitrogens with one attached hydrogen (secondary N) is 1. The van der Waals surface area contributed by atoms with Crippen molar-refractivity contribution in [2.24, 2.45) is 5.92 Å². The minimum Gasteiger partial charge on any atom is -0.381 e. The molecular weight excluding hydrogens is 202 g/mol. The molecule has 0 unspecified atom stereocenters. The van der Waals surface area contributed by atoms with Crippen molar-refractivity contribution in [3.8, 4) is 0 Å². The summed E-state index contributed by atoms with van der Waals surface area (Å²) in [6.45, 7) is 8.95. The van der Waals surface area contributed by atoms with Crippen LogP contribution >= 0.6 is 0 Å².